The Morgan fingerprint density at radius 2 is 1.91 bits per heavy atom. The zero-order valence-electron chi connectivity index (χ0n) is 17.8. The van der Waals surface area contributed by atoms with Crippen LogP contribution in [0.1, 0.15) is 40.2 Å². The fraction of sp³-hybridized carbons (Fsp3) is 0.250. The molecule has 1 aromatic heterocycles. The standard InChI is InChI=1S/C24H24N2O5S/c1-24(2,28)18-10-8-17(9-11-18)13-25-22(27)21-23(26-15-32-21)31-20-14-29-19(30-20)12-16-6-4-3-5-7-16/h3-11,14-15,19,28H,12-13H2,1-2H3,(H,25,27). The number of thiazole rings is 1. The van der Waals surface area contributed by atoms with Crippen molar-refractivity contribution in [1.29, 1.82) is 0 Å². The lowest BCUT2D eigenvalue weighted by Crippen LogP contribution is -2.23. The molecule has 1 atom stereocenters. The van der Waals surface area contributed by atoms with E-state index in [1.807, 2.05) is 54.6 Å². The van der Waals surface area contributed by atoms with Gasteiger partial charge in [-0.2, -0.15) is 0 Å². The summed E-state index contributed by atoms with van der Waals surface area (Å²) in [4.78, 5) is 17.1. The monoisotopic (exact) mass is 452 g/mol. The van der Waals surface area contributed by atoms with Gasteiger partial charge in [0.25, 0.3) is 5.91 Å². The number of hydrogen-bond donors (Lipinski definition) is 2. The predicted octanol–water partition coefficient (Wildman–Crippen LogP) is 4.09. The van der Waals surface area contributed by atoms with E-state index >= 15 is 0 Å². The highest BCUT2D eigenvalue weighted by atomic mass is 32.1. The van der Waals surface area contributed by atoms with E-state index in [-0.39, 0.29) is 17.7 Å². The number of ether oxygens (including phenoxy) is 3. The maximum absolute atomic E-state index is 12.7. The predicted molar refractivity (Wildman–Crippen MR) is 120 cm³/mol. The van der Waals surface area contributed by atoms with Crippen LogP contribution in [-0.4, -0.2) is 22.3 Å². The third-order valence-corrected chi connectivity index (χ3v) is 5.67. The molecule has 0 aliphatic carbocycles. The second kappa shape index (κ2) is 9.42. The zero-order valence-corrected chi connectivity index (χ0v) is 18.6. The Bertz CT molecular complexity index is 1090. The maximum atomic E-state index is 12.7. The van der Waals surface area contributed by atoms with Crippen LogP contribution >= 0.6 is 11.3 Å². The van der Waals surface area contributed by atoms with Crippen LogP contribution in [0.25, 0.3) is 0 Å². The van der Waals surface area contributed by atoms with Gasteiger partial charge < -0.3 is 24.6 Å². The van der Waals surface area contributed by atoms with Crippen LogP contribution in [0.5, 0.6) is 5.88 Å². The van der Waals surface area contributed by atoms with E-state index in [1.165, 1.54) is 17.6 Å². The highest BCUT2D eigenvalue weighted by molar-refractivity contribution is 7.12. The smallest absolute Gasteiger partial charge is 0.325 e. The summed E-state index contributed by atoms with van der Waals surface area (Å²) in [6, 6.07) is 17.3. The average molecular weight is 453 g/mol. The molecule has 1 amide bonds. The number of hydrogen-bond acceptors (Lipinski definition) is 7. The van der Waals surface area contributed by atoms with E-state index in [9.17, 15) is 9.90 Å². The zero-order chi connectivity index (χ0) is 22.6. The number of aromatic nitrogens is 1. The average Bonchev–Trinajstić information content (AvgIpc) is 3.42. The normalized spacial score (nSPS) is 15.5. The topological polar surface area (TPSA) is 89.9 Å². The van der Waals surface area contributed by atoms with Gasteiger partial charge in [0.1, 0.15) is 0 Å². The Hall–Kier alpha value is -3.36. The van der Waals surface area contributed by atoms with Gasteiger partial charge in [0.15, 0.2) is 11.1 Å². The highest BCUT2D eigenvalue weighted by Gasteiger charge is 2.25. The summed E-state index contributed by atoms with van der Waals surface area (Å²) in [5.41, 5.74) is 3.44. The van der Waals surface area contributed by atoms with Crippen LogP contribution < -0.4 is 10.1 Å². The first-order chi connectivity index (χ1) is 15.4. The fourth-order valence-corrected chi connectivity index (χ4v) is 3.74. The summed E-state index contributed by atoms with van der Waals surface area (Å²) in [6.07, 6.45) is 1.47. The minimum atomic E-state index is -0.905. The molecule has 2 N–H and O–H groups in total. The van der Waals surface area contributed by atoms with E-state index in [2.05, 4.69) is 10.3 Å². The van der Waals surface area contributed by atoms with Crippen molar-refractivity contribution in [3.63, 3.8) is 0 Å². The molecule has 1 aliphatic rings. The van der Waals surface area contributed by atoms with Crippen molar-refractivity contribution >= 4 is 17.2 Å². The molecule has 32 heavy (non-hydrogen) atoms. The summed E-state index contributed by atoms with van der Waals surface area (Å²) in [7, 11) is 0. The molecule has 0 saturated heterocycles. The van der Waals surface area contributed by atoms with Crippen molar-refractivity contribution in [2.45, 2.75) is 38.7 Å². The molecule has 0 fully saturated rings. The highest BCUT2D eigenvalue weighted by Crippen LogP contribution is 2.27. The van der Waals surface area contributed by atoms with Crippen LogP contribution in [0.4, 0.5) is 0 Å². The minimum Gasteiger partial charge on any atom is -0.455 e. The quantitative estimate of drug-likeness (QED) is 0.535. The van der Waals surface area contributed by atoms with Gasteiger partial charge in [0, 0.05) is 13.0 Å². The van der Waals surface area contributed by atoms with Crippen LogP contribution in [-0.2, 0) is 28.0 Å². The van der Waals surface area contributed by atoms with E-state index in [1.54, 1.807) is 19.4 Å². The second-order valence-electron chi connectivity index (χ2n) is 7.84. The molecule has 2 heterocycles. The summed E-state index contributed by atoms with van der Waals surface area (Å²) < 4.78 is 16.8. The number of carbonyl (C=O) groups is 1. The lowest BCUT2D eigenvalue weighted by atomic mass is 9.97. The number of nitrogens with one attached hydrogen (secondary N) is 1. The van der Waals surface area contributed by atoms with Gasteiger partial charge in [0.2, 0.25) is 12.2 Å². The number of carbonyl (C=O) groups excluding carboxylic acids is 1. The van der Waals surface area contributed by atoms with E-state index in [4.69, 9.17) is 14.2 Å². The van der Waals surface area contributed by atoms with Gasteiger partial charge in [-0.05, 0) is 30.5 Å². The van der Waals surface area contributed by atoms with Crippen molar-refractivity contribution < 1.29 is 24.1 Å². The molecule has 8 heteroatoms. The second-order valence-corrected chi connectivity index (χ2v) is 8.69. The van der Waals surface area contributed by atoms with Gasteiger partial charge in [0.05, 0.1) is 11.1 Å². The molecule has 166 valence electrons. The number of amides is 1. The van der Waals surface area contributed by atoms with Crippen LogP contribution in [0.2, 0.25) is 0 Å². The number of aliphatic hydroxyl groups is 1. The fourth-order valence-electron chi connectivity index (χ4n) is 3.11. The van der Waals surface area contributed by atoms with Gasteiger partial charge in [-0.3, -0.25) is 4.79 Å². The van der Waals surface area contributed by atoms with Gasteiger partial charge in [-0.25, -0.2) is 4.98 Å². The van der Waals surface area contributed by atoms with E-state index in [0.717, 1.165) is 16.7 Å². The van der Waals surface area contributed by atoms with E-state index in [0.29, 0.717) is 17.8 Å². The molecule has 2 aromatic carbocycles. The molecule has 1 unspecified atom stereocenters. The number of nitrogens with zero attached hydrogens (tertiary/aromatic N) is 1. The number of benzene rings is 2. The lowest BCUT2D eigenvalue weighted by Gasteiger charge is -2.17. The Morgan fingerprint density at radius 1 is 1.16 bits per heavy atom. The Morgan fingerprint density at radius 3 is 2.62 bits per heavy atom. The SMILES string of the molecule is CC(C)(O)c1ccc(CNC(=O)c2scnc2OC2=COC(Cc3ccccc3)O2)cc1. The van der Waals surface area contributed by atoms with Crippen LogP contribution in [0.15, 0.2) is 72.3 Å². The first-order valence-corrected chi connectivity index (χ1v) is 11.0. The molecule has 0 radical (unpaired) electrons. The summed E-state index contributed by atoms with van der Waals surface area (Å²) in [5.74, 6) is 0.0302. The van der Waals surface area contributed by atoms with Crippen molar-refractivity contribution in [3.05, 3.63) is 93.9 Å². The van der Waals surface area contributed by atoms with Gasteiger partial charge in [-0.15, -0.1) is 11.3 Å². The van der Waals surface area contributed by atoms with Crippen molar-refractivity contribution in [3.8, 4) is 5.88 Å². The Labute approximate surface area is 190 Å². The van der Waals surface area contributed by atoms with E-state index < -0.39 is 11.9 Å². The van der Waals surface area contributed by atoms with Crippen molar-refractivity contribution in [1.82, 2.24) is 10.3 Å². The van der Waals surface area contributed by atoms with Crippen LogP contribution in [0.3, 0.4) is 0 Å². The first kappa shape index (κ1) is 21.9. The summed E-state index contributed by atoms with van der Waals surface area (Å²) in [5, 5.41) is 12.9. The largest absolute Gasteiger partial charge is 0.455 e. The third kappa shape index (κ3) is 5.46. The first-order valence-electron chi connectivity index (χ1n) is 10.2. The molecular formula is C24H24N2O5S. The summed E-state index contributed by atoms with van der Waals surface area (Å²) >= 11 is 1.18. The summed E-state index contributed by atoms with van der Waals surface area (Å²) in [6.45, 7) is 3.80. The molecule has 0 saturated carbocycles. The molecule has 3 aromatic rings. The molecular weight excluding hydrogens is 428 g/mol. The van der Waals surface area contributed by atoms with Crippen molar-refractivity contribution in [2.75, 3.05) is 0 Å². The van der Waals surface area contributed by atoms with Gasteiger partial charge >= 0.3 is 5.95 Å². The maximum Gasteiger partial charge on any atom is 0.325 e. The number of rotatable bonds is 8. The molecule has 7 nitrogen and oxygen atoms in total. The lowest BCUT2D eigenvalue weighted by molar-refractivity contribution is -0.0524. The Balaban J connectivity index is 1.31. The van der Waals surface area contributed by atoms with Crippen molar-refractivity contribution in [2.24, 2.45) is 0 Å². The Kier molecular flexibility index (Phi) is 6.43. The molecule has 0 spiro atoms. The van der Waals surface area contributed by atoms with Gasteiger partial charge in [-0.1, -0.05) is 54.6 Å². The van der Waals surface area contributed by atoms with Crippen LogP contribution in [0, 0.1) is 0 Å². The molecule has 0 bridgehead atoms. The molecule has 1 aliphatic heterocycles. The third-order valence-electron chi connectivity index (χ3n) is 4.86. The molecule has 4 rings (SSSR count). The minimum absolute atomic E-state index is 0.160.